The van der Waals surface area contributed by atoms with Gasteiger partial charge in [0.05, 0.1) is 28.6 Å². The summed E-state index contributed by atoms with van der Waals surface area (Å²) in [5, 5.41) is 0. The average Bonchev–Trinajstić information content (AvgIpc) is 2.47. The molecule has 1 atom stereocenters. The van der Waals surface area contributed by atoms with Crippen molar-refractivity contribution in [2.75, 3.05) is 25.2 Å². The number of hydrogen-bond acceptors (Lipinski definition) is 4. The Labute approximate surface area is 134 Å². The molecule has 0 fully saturated rings. The summed E-state index contributed by atoms with van der Waals surface area (Å²) < 4.78 is 24.0. The van der Waals surface area contributed by atoms with Crippen LogP contribution in [-0.2, 0) is 10.8 Å². The Morgan fingerprint density at radius 3 is 2.76 bits per heavy atom. The second-order valence-electron chi connectivity index (χ2n) is 4.27. The number of hydrogen-bond donors (Lipinski definition) is 1. The Balaban J connectivity index is 1.96. The van der Waals surface area contributed by atoms with Crippen molar-refractivity contribution in [3.05, 3.63) is 46.9 Å². The molecule has 0 spiro atoms. The van der Waals surface area contributed by atoms with Gasteiger partial charge in [0, 0.05) is 16.2 Å². The van der Waals surface area contributed by atoms with Crippen LogP contribution in [0, 0.1) is 0 Å². The normalized spacial score (nSPS) is 11.9. The summed E-state index contributed by atoms with van der Waals surface area (Å²) in [6, 6.07) is 12.6. The smallest absolute Gasteiger partial charge is 0.137 e. The van der Waals surface area contributed by atoms with Gasteiger partial charge in [-0.3, -0.25) is 4.21 Å². The molecule has 0 bridgehead atoms. The summed E-state index contributed by atoms with van der Waals surface area (Å²) in [5.74, 6) is 1.66. The van der Waals surface area contributed by atoms with Gasteiger partial charge in [-0.05, 0) is 30.3 Å². The highest BCUT2D eigenvalue weighted by molar-refractivity contribution is 9.10. The molecule has 2 rings (SSSR count). The standard InChI is InChI=1S/C15H16BrNO3S/c1-19-14-10-12(17)5-6-15(14)21(18)8-7-20-13-4-2-3-11(16)9-13/h2-6,9-10H,7-8,17H2,1H3. The third-order valence-corrected chi connectivity index (χ3v) is 4.63. The van der Waals surface area contributed by atoms with Gasteiger partial charge in [-0.15, -0.1) is 0 Å². The van der Waals surface area contributed by atoms with E-state index in [4.69, 9.17) is 15.2 Å². The molecule has 0 radical (unpaired) electrons. The van der Waals surface area contributed by atoms with Crippen molar-refractivity contribution >= 4 is 32.4 Å². The third kappa shape index (κ3) is 4.47. The highest BCUT2D eigenvalue weighted by Crippen LogP contribution is 2.25. The molecule has 112 valence electrons. The predicted molar refractivity (Wildman–Crippen MR) is 88.3 cm³/mol. The fourth-order valence-corrected chi connectivity index (χ4v) is 3.19. The Morgan fingerprint density at radius 2 is 2.05 bits per heavy atom. The lowest BCUT2D eigenvalue weighted by Crippen LogP contribution is -2.09. The van der Waals surface area contributed by atoms with Crippen molar-refractivity contribution in [1.29, 1.82) is 0 Å². The maximum atomic E-state index is 12.3. The minimum Gasteiger partial charge on any atom is -0.495 e. The number of nitrogen functional groups attached to an aromatic ring is 1. The molecule has 0 aliphatic rings. The summed E-state index contributed by atoms with van der Waals surface area (Å²) in [6.07, 6.45) is 0. The second-order valence-corrected chi connectivity index (χ2v) is 6.72. The molecule has 2 aromatic carbocycles. The fraction of sp³-hybridized carbons (Fsp3) is 0.200. The Hall–Kier alpha value is -1.53. The third-order valence-electron chi connectivity index (χ3n) is 2.77. The van der Waals surface area contributed by atoms with E-state index in [0.717, 1.165) is 10.2 Å². The topological polar surface area (TPSA) is 61.5 Å². The minimum atomic E-state index is -1.20. The van der Waals surface area contributed by atoms with Crippen LogP contribution in [0.2, 0.25) is 0 Å². The Bertz CT molecular complexity index is 649. The summed E-state index contributed by atoms with van der Waals surface area (Å²) in [7, 11) is 0.336. The molecule has 0 amide bonds. The largest absolute Gasteiger partial charge is 0.495 e. The summed E-state index contributed by atoms with van der Waals surface area (Å²) in [5.41, 5.74) is 6.27. The molecular formula is C15H16BrNO3S. The summed E-state index contributed by atoms with van der Waals surface area (Å²) >= 11 is 3.38. The first kappa shape index (κ1) is 15.9. The molecule has 21 heavy (non-hydrogen) atoms. The van der Waals surface area contributed by atoms with Crippen molar-refractivity contribution in [3.63, 3.8) is 0 Å². The van der Waals surface area contributed by atoms with E-state index in [1.54, 1.807) is 18.2 Å². The number of rotatable bonds is 6. The number of nitrogens with two attached hydrogens (primary N) is 1. The quantitative estimate of drug-likeness (QED) is 0.794. The van der Waals surface area contributed by atoms with Gasteiger partial charge in [0.2, 0.25) is 0 Å². The van der Waals surface area contributed by atoms with Gasteiger partial charge in [0.15, 0.2) is 0 Å². The van der Waals surface area contributed by atoms with E-state index in [1.165, 1.54) is 7.11 Å². The Kier molecular flexibility index (Phi) is 5.64. The molecule has 0 aliphatic heterocycles. The number of ether oxygens (including phenoxy) is 2. The molecule has 0 saturated heterocycles. The second kappa shape index (κ2) is 7.47. The molecule has 1 unspecified atom stereocenters. The van der Waals surface area contributed by atoms with Crippen LogP contribution >= 0.6 is 15.9 Å². The van der Waals surface area contributed by atoms with Crippen LogP contribution in [0.1, 0.15) is 0 Å². The van der Waals surface area contributed by atoms with Crippen LogP contribution in [0.25, 0.3) is 0 Å². The molecule has 2 aromatic rings. The molecule has 0 heterocycles. The zero-order chi connectivity index (χ0) is 15.2. The molecule has 4 nitrogen and oxygen atoms in total. The van der Waals surface area contributed by atoms with E-state index in [-0.39, 0.29) is 0 Å². The van der Waals surface area contributed by atoms with Gasteiger partial charge in [-0.25, -0.2) is 0 Å². The van der Waals surface area contributed by atoms with Gasteiger partial charge in [-0.2, -0.15) is 0 Å². The number of anilines is 1. The van der Waals surface area contributed by atoms with Gasteiger partial charge >= 0.3 is 0 Å². The van der Waals surface area contributed by atoms with E-state index >= 15 is 0 Å². The fourth-order valence-electron chi connectivity index (χ4n) is 1.77. The Morgan fingerprint density at radius 1 is 1.24 bits per heavy atom. The van der Waals surface area contributed by atoms with Crippen molar-refractivity contribution < 1.29 is 13.7 Å². The van der Waals surface area contributed by atoms with E-state index in [9.17, 15) is 4.21 Å². The highest BCUT2D eigenvalue weighted by Gasteiger charge is 2.11. The molecular weight excluding hydrogens is 354 g/mol. The molecule has 2 N–H and O–H groups in total. The van der Waals surface area contributed by atoms with E-state index in [2.05, 4.69) is 15.9 Å². The van der Waals surface area contributed by atoms with Crippen LogP contribution in [-0.4, -0.2) is 23.7 Å². The summed E-state index contributed by atoms with van der Waals surface area (Å²) in [6.45, 7) is 0.358. The monoisotopic (exact) mass is 369 g/mol. The van der Waals surface area contributed by atoms with E-state index < -0.39 is 10.8 Å². The van der Waals surface area contributed by atoms with Crippen molar-refractivity contribution in [1.82, 2.24) is 0 Å². The predicted octanol–water partition coefficient (Wildman–Crippen LogP) is 3.23. The number of benzene rings is 2. The van der Waals surface area contributed by atoms with Crippen molar-refractivity contribution in [3.8, 4) is 11.5 Å². The van der Waals surface area contributed by atoms with Gasteiger partial charge in [0.1, 0.15) is 18.1 Å². The summed E-state index contributed by atoms with van der Waals surface area (Å²) in [4.78, 5) is 0.629. The van der Waals surface area contributed by atoms with Gasteiger partial charge in [-0.1, -0.05) is 22.0 Å². The first-order valence-electron chi connectivity index (χ1n) is 6.30. The number of halogens is 1. The van der Waals surface area contributed by atoms with Crippen molar-refractivity contribution in [2.45, 2.75) is 4.90 Å². The van der Waals surface area contributed by atoms with E-state index in [0.29, 0.717) is 28.7 Å². The van der Waals surface area contributed by atoms with Gasteiger partial charge in [0.25, 0.3) is 0 Å². The lowest BCUT2D eigenvalue weighted by Gasteiger charge is -2.10. The first-order valence-corrected chi connectivity index (χ1v) is 8.41. The molecule has 0 aromatic heterocycles. The van der Waals surface area contributed by atoms with Crippen LogP contribution in [0.15, 0.2) is 51.8 Å². The SMILES string of the molecule is COc1cc(N)ccc1S(=O)CCOc1cccc(Br)c1. The lowest BCUT2D eigenvalue weighted by molar-refractivity contribution is 0.342. The molecule has 0 aliphatic carbocycles. The maximum absolute atomic E-state index is 12.3. The maximum Gasteiger partial charge on any atom is 0.137 e. The van der Waals surface area contributed by atoms with Gasteiger partial charge < -0.3 is 15.2 Å². The number of methoxy groups -OCH3 is 1. The first-order chi connectivity index (χ1) is 10.1. The molecule has 0 saturated carbocycles. The zero-order valence-electron chi connectivity index (χ0n) is 11.5. The molecule has 6 heteroatoms. The van der Waals surface area contributed by atoms with Crippen LogP contribution in [0.5, 0.6) is 11.5 Å². The van der Waals surface area contributed by atoms with Crippen LogP contribution in [0.3, 0.4) is 0 Å². The van der Waals surface area contributed by atoms with Crippen LogP contribution in [0.4, 0.5) is 5.69 Å². The average molecular weight is 370 g/mol. The zero-order valence-corrected chi connectivity index (χ0v) is 13.9. The van der Waals surface area contributed by atoms with Crippen molar-refractivity contribution in [2.24, 2.45) is 0 Å². The minimum absolute atomic E-state index is 0.358. The van der Waals surface area contributed by atoms with E-state index in [1.807, 2.05) is 24.3 Å². The lowest BCUT2D eigenvalue weighted by atomic mass is 10.3. The highest BCUT2D eigenvalue weighted by atomic mass is 79.9. The van der Waals surface area contributed by atoms with Crippen LogP contribution < -0.4 is 15.2 Å².